The summed E-state index contributed by atoms with van der Waals surface area (Å²) in [5, 5.41) is 4.11. The Morgan fingerprint density at radius 1 is 1.14 bits per heavy atom. The Bertz CT molecular complexity index is 632. The highest BCUT2D eigenvalue weighted by Gasteiger charge is 2.12. The van der Waals surface area contributed by atoms with E-state index in [-0.39, 0.29) is 11.9 Å². The number of halogens is 3. The van der Waals surface area contributed by atoms with Gasteiger partial charge in [0.05, 0.1) is 5.02 Å². The van der Waals surface area contributed by atoms with Crippen LogP contribution < -0.4 is 10.1 Å². The molecule has 0 radical (unpaired) electrons. The average Bonchev–Trinajstić information content (AvgIpc) is 2.42. The van der Waals surface area contributed by atoms with Crippen LogP contribution in [0, 0.1) is 5.82 Å². The van der Waals surface area contributed by atoms with Crippen molar-refractivity contribution in [3.63, 3.8) is 0 Å². The van der Waals surface area contributed by atoms with Crippen LogP contribution in [0.15, 0.2) is 36.4 Å². The minimum Gasteiger partial charge on any atom is -0.455 e. The van der Waals surface area contributed by atoms with Gasteiger partial charge in [0.15, 0.2) is 0 Å². The smallest absolute Gasteiger partial charge is 0.147 e. The first kappa shape index (κ1) is 16.1. The van der Waals surface area contributed by atoms with E-state index in [0.29, 0.717) is 33.7 Å². The molecule has 0 atom stereocenters. The zero-order valence-corrected chi connectivity index (χ0v) is 13.3. The second-order valence-electron chi connectivity index (χ2n) is 4.93. The van der Waals surface area contributed by atoms with Crippen molar-refractivity contribution in [3.05, 3.63) is 57.8 Å². The third-order valence-electron chi connectivity index (χ3n) is 2.88. The van der Waals surface area contributed by atoms with E-state index in [4.69, 9.17) is 27.9 Å². The van der Waals surface area contributed by atoms with Gasteiger partial charge in [-0.25, -0.2) is 4.39 Å². The topological polar surface area (TPSA) is 21.3 Å². The van der Waals surface area contributed by atoms with E-state index >= 15 is 0 Å². The van der Waals surface area contributed by atoms with Crippen molar-refractivity contribution in [3.8, 4) is 11.5 Å². The SMILES string of the molecule is CC(C)NCc1c(F)cccc1Oc1cc(Cl)ccc1Cl. The molecule has 0 saturated carbocycles. The van der Waals surface area contributed by atoms with E-state index in [1.165, 1.54) is 6.07 Å². The average molecular weight is 328 g/mol. The summed E-state index contributed by atoms with van der Waals surface area (Å²) in [5.74, 6) is 0.506. The first-order chi connectivity index (χ1) is 9.97. The third kappa shape index (κ3) is 4.34. The van der Waals surface area contributed by atoms with Crippen molar-refractivity contribution in [2.45, 2.75) is 26.4 Å². The van der Waals surface area contributed by atoms with Gasteiger partial charge in [0.1, 0.15) is 17.3 Å². The lowest BCUT2D eigenvalue weighted by Gasteiger charge is -2.15. The molecule has 0 amide bonds. The highest BCUT2D eigenvalue weighted by Crippen LogP contribution is 2.34. The summed E-state index contributed by atoms with van der Waals surface area (Å²) in [6, 6.07) is 9.87. The van der Waals surface area contributed by atoms with E-state index in [1.807, 2.05) is 13.8 Å². The van der Waals surface area contributed by atoms with Crippen LogP contribution in [0.25, 0.3) is 0 Å². The van der Waals surface area contributed by atoms with Gasteiger partial charge in [0.2, 0.25) is 0 Å². The molecule has 2 aromatic rings. The van der Waals surface area contributed by atoms with Crippen molar-refractivity contribution in [2.24, 2.45) is 0 Å². The van der Waals surface area contributed by atoms with Gasteiger partial charge in [-0.15, -0.1) is 0 Å². The summed E-state index contributed by atoms with van der Waals surface area (Å²) in [5.41, 5.74) is 0.460. The lowest BCUT2D eigenvalue weighted by Crippen LogP contribution is -2.22. The molecule has 21 heavy (non-hydrogen) atoms. The van der Waals surface area contributed by atoms with Gasteiger partial charge in [-0.05, 0) is 24.3 Å². The number of benzene rings is 2. The summed E-state index contributed by atoms with van der Waals surface area (Å²) < 4.78 is 19.7. The van der Waals surface area contributed by atoms with Gasteiger partial charge in [-0.2, -0.15) is 0 Å². The van der Waals surface area contributed by atoms with E-state index in [0.717, 1.165) is 0 Å². The molecule has 0 spiro atoms. The maximum absolute atomic E-state index is 14.0. The second kappa shape index (κ2) is 7.12. The minimum atomic E-state index is -0.321. The van der Waals surface area contributed by atoms with Gasteiger partial charge in [-0.1, -0.05) is 43.1 Å². The Labute approximate surface area is 133 Å². The molecule has 0 unspecified atom stereocenters. The fourth-order valence-electron chi connectivity index (χ4n) is 1.79. The quantitative estimate of drug-likeness (QED) is 0.791. The Morgan fingerprint density at radius 2 is 1.90 bits per heavy atom. The molecule has 0 heterocycles. The molecule has 112 valence electrons. The summed E-state index contributed by atoms with van der Waals surface area (Å²) in [4.78, 5) is 0. The summed E-state index contributed by atoms with van der Waals surface area (Å²) in [6.45, 7) is 4.36. The number of rotatable bonds is 5. The van der Waals surface area contributed by atoms with E-state index in [1.54, 1.807) is 30.3 Å². The Kier molecular flexibility index (Phi) is 5.45. The Balaban J connectivity index is 2.31. The van der Waals surface area contributed by atoms with Gasteiger partial charge < -0.3 is 10.1 Å². The molecule has 2 aromatic carbocycles. The van der Waals surface area contributed by atoms with Crippen LogP contribution in [-0.4, -0.2) is 6.04 Å². The van der Waals surface area contributed by atoms with Crippen LogP contribution in [0.2, 0.25) is 10.0 Å². The van der Waals surface area contributed by atoms with Gasteiger partial charge in [0.25, 0.3) is 0 Å². The molecule has 0 fully saturated rings. The lowest BCUT2D eigenvalue weighted by molar-refractivity contribution is 0.458. The largest absolute Gasteiger partial charge is 0.455 e. The summed E-state index contributed by atoms with van der Waals surface area (Å²) in [6.07, 6.45) is 0. The third-order valence-corrected chi connectivity index (χ3v) is 3.42. The fraction of sp³-hybridized carbons (Fsp3) is 0.250. The van der Waals surface area contributed by atoms with Gasteiger partial charge in [-0.3, -0.25) is 0 Å². The van der Waals surface area contributed by atoms with Crippen molar-refractivity contribution in [1.82, 2.24) is 5.32 Å². The molecular weight excluding hydrogens is 312 g/mol. The highest BCUT2D eigenvalue weighted by atomic mass is 35.5. The molecular formula is C16H16Cl2FNO. The lowest BCUT2D eigenvalue weighted by atomic mass is 10.1. The minimum absolute atomic E-state index is 0.243. The molecule has 0 aliphatic carbocycles. The van der Waals surface area contributed by atoms with Gasteiger partial charge >= 0.3 is 0 Å². The van der Waals surface area contributed by atoms with Crippen LogP contribution in [0.4, 0.5) is 4.39 Å². The van der Waals surface area contributed by atoms with Crippen molar-refractivity contribution in [2.75, 3.05) is 0 Å². The summed E-state index contributed by atoms with van der Waals surface area (Å²) in [7, 11) is 0. The maximum atomic E-state index is 14.0. The highest BCUT2D eigenvalue weighted by molar-refractivity contribution is 6.34. The van der Waals surface area contributed by atoms with Gasteiger partial charge in [0, 0.05) is 29.2 Å². The zero-order valence-electron chi connectivity index (χ0n) is 11.8. The van der Waals surface area contributed by atoms with Crippen LogP contribution >= 0.6 is 23.2 Å². The predicted molar refractivity (Wildman–Crippen MR) is 84.9 cm³/mol. The van der Waals surface area contributed by atoms with E-state index < -0.39 is 0 Å². The standard InChI is InChI=1S/C16H16Cl2FNO/c1-10(2)20-9-12-14(19)4-3-5-15(12)21-16-8-11(17)6-7-13(16)18/h3-8,10,20H,9H2,1-2H3. The Hall–Kier alpha value is -1.29. The molecule has 1 N–H and O–H groups in total. The van der Waals surface area contributed by atoms with Crippen molar-refractivity contribution < 1.29 is 9.13 Å². The normalized spacial score (nSPS) is 11.0. The fourth-order valence-corrected chi connectivity index (χ4v) is 2.10. The second-order valence-corrected chi connectivity index (χ2v) is 5.77. The molecule has 2 rings (SSSR count). The maximum Gasteiger partial charge on any atom is 0.147 e. The van der Waals surface area contributed by atoms with Crippen molar-refractivity contribution in [1.29, 1.82) is 0 Å². The van der Waals surface area contributed by atoms with Crippen LogP contribution in [0.5, 0.6) is 11.5 Å². The monoisotopic (exact) mass is 327 g/mol. The Morgan fingerprint density at radius 3 is 2.62 bits per heavy atom. The molecule has 0 bridgehead atoms. The predicted octanol–water partition coefficient (Wildman–Crippen LogP) is 5.42. The first-order valence-corrected chi connectivity index (χ1v) is 7.36. The molecule has 5 heteroatoms. The number of nitrogens with one attached hydrogen (secondary N) is 1. The van der Waals surface area contributed by atoms with Crippen LogP contribution in [0.1, 0.15) is 19.4 Å². The number of ether oxygens (including phenoxy) is 1. The van der Waals surface area contributed by atoms with Crippen LogP contribution in [-0.2, 0) is 6.54 Å². The number of hydrogen-bond donors (Lipinski definition) is 1. The first-order valence-electron chi connectivity index (χ1n) is 6.61. The van der Waals surface area contributed by atoms with E-state index in [2.05, 4.69) is 5.32 Å². The molecule has 0 aliphatic heterocycles. The summed E-state index contributed by atoms with van der Waals surface area (Å²) >= 11 is 12.0. The molecule has 0 saturated heterocycles. The molecule has 2 nitrogen and oxygen atoms in total. The van der Waals surface area contributed by atoms with Crippen LogP contribution in [0.3, 0.4) is 0 Å². The van der Waals surface area contributed by atoms with E-state index in [9.17, 15) is 4.39 Å². The molecule has 0 aromatic heterocycles. The number of hydrogen-bond acceptors (Lipinski definition) is 2. The zero-order chi connectivity index (χ0) is 15.4. The molecule has 0 aliphatic rings. The van der Waals surface area contributed by atoms with Crippen molar-refractivity contribution >= 4 is 23.2 Å².